The number of carbonyl (C=O) groups excluding carboxylic acids is 1. The van der Waals surface area contributed by atoms with Crippen molar-refractivity contribution in [2.75, 3.05) is 0 Å². The number of amides is 1. The Labute approximate surface area is 142 Å². The highest BCUT2D eigenvalue weighted by Crippen LogP contribution is 2.35. The van der Waals surface area contributed by atoms with Crippen LogP contribution in [0.2, 0.25) is 5.02 Å². The minimum absolute atomic E-state index is 0.226. The fraction of sp³-hybridized carbons (Fsp3) is 0.111. The number of carbonyl (C=O) groups is 1. The van der Waals surface area contributed by atoms with Crippen molar-refractivity contribution >= 4 is 28.5 Å². The van der Waals surface area contributed by atoms with Gasteiger partial charge in [-0.2, -0.15) is 0 Å². The number of hydrogen-bond acceptors (Lipinski definition) is 4. The topological polar surface area (TPSA) is 82.5 Å². The Morgan fingerprint density at radius 3 is 2.58 bits per heavy atom. The molecule has 0 saturated carbocycles. The Morgan fingerprint density at radius 1 is 1.21 bits per heavy atom. The molecular formula is C18H14ClNO4. The smallest absolute Gasteiger partial charge is 0.336 e. The highest BCUT2D eigenvalue weighted by Gasteiger charge is 2.16. The summed E-state index contributed by atoms with van der Waals surface area (Å²) in [5, 5.41) is 0.964. The van der Waals surface area contributed by atoms with Crippen molar-refractivity contribution in [3.05, 3.63) is 64.0 Å². The summed E-state index contributed by atoms with van der Waals surface area (Å²) in [6, 6.07) is 14.0. The Bertz CT molecular complexity index is 966. The summed E-state index contributed by atoms with van der Waals surface area (Å²) < 4.78 is 10.7. The first-order chi connectivity index (χ1) is 11.5. The first kappa shape index (κ1) is 16.1. The molecule has 3 aromatic rings. The van der Waals surface area contributed by atoms with Gasteiger partial charge in [0.05, 0.1) is 5.02 Å². The quantitative estimate of drug-likeness (QED) is 0.736. The zero-order valence-electron chi connectivity index (χ0n) is 12.8. The van der Waals surface area contributed by atoms with Crippen molar-refractivity contribution in [1.29, 1.82) is 0 Å². The second kappa shape index (κ2) is 6.37. The van der Waals surface area contributed by atoms with E-state index in [1.807, 2.05) is 30.3 Å². The molecule has 122 valence electrons. The van der Waals surface area contributed by atoms with E-state index in [2.05, 4.69) is 0 Å². The molecule has 0 bridgehead atoms. The molecule has 1 atom stereocenters. The SMILES string of the molecule is CC(Oc1cc2oc(=O)cc(-c3ccccc3)c2cc1Cl)C(N)=O. The number of rotatable bonds is 4. The van der Waals surface area contributed by atoms with Gasteiger partial charge in [-0.1, -0.05) is 41.9 Å². The van der Waals surface area contributed by atoms with E-state index in [1.54, 1.807) is 6.07 Å². The number of primary amides is 1. The van der Waals surface area contributed by atoms with Gasteiger partial charge in [0.2, 0.25) is 0 Å². The molecule has 0 spiro atoms. The van der Waals surface area contributed by atoms with E-state index in [0.717, 1.165) is 5.56 Å². The maximum atomic E-state index is 11.9. The third-order valence-electron chi connectivity index (χ3n) is 3.59. The third kappa shape index (κ3) is 3.12. The van der Waals surface area contributed by atoms with Gasteiger partial charge >= 0.3 is 5.63 Å². The molecule has 2 aromatic carbocycles. The van der Waals surface area contributed by atoms with Crippen LogP contribution in [0.5, 0.6) is 5.75 Å². The van der Waals surface area contributed by atoms with Crippen molar-refractivity contribution in [2.45, 2.75) is 13.0 Å². The van der Waals surface area contributed by atoms with Crippen molar-refractivity contribution in [3.63, 3.8) is 0 Å². The van der Waals surface area contributed by atoms with Gasteiger partial charge in [0, 0.05) is 17.5 Å². The molecule has 0 aliphatic carbocycles. The van der Waals surface area contributed by atoms with Crippen molar-refractivity contribution in [3.8, 4) is 16.9 Å². The van der Waals surface area contributed by atoms with E-state index < -0.39 is 17.6 Å². The van der Waals surface area contributed by atoms with E-state index in [0.29, 0.717) is 21.6 Å². The summed E-state index contributed by atoms with van der Waals surface area (Å²) in [6.45, 7) is 1.51. The normalized spacial score (nSPS) is 12.1. The highest BCUT2D eigenvalue weighted by atomic mass is 35.5. The van der Waals surface area contributed by atoms with Gasteiger partial charge < -0.3 is 14.9 Å². The number of benzene rings is 2. The monoisotopic (exact) mass is 343 g/mol. The van der Waals surface area contributed by atoms with E-state index in [1.165, 1.54) is 19.1 Å². The lowest BCUT2D eigenvalue weighted by Gasteiger charge is -2.14. The van der Waals surface area contributed by atoms with Crippen LogP contribution in [-0.4, -0.2) is 12.0 Å². The molecule has 1 amide bonds. The van der Waals surface area contributed by atoms with Crippen LogP contribution in [0.25, 0.3) is 22.1 Å². The van der Waals surface area contributed by atoms with Gasteiger partial charge in [0.25, 0.3) is 5.91 Å². The van der Waals surface area contributed by atoms with Crippen LogP contribution in [0.1, 0.15) is 6.92 Å². The number of hydrogen-bond donors (Lipinski definition) is 1. The molecule has 24 heavy (non-hydrogen) atoms. The van der Waals surface area contributed by atoms with E-state index in [4.69, 9.17) is 26.5 Å². The van der Waals surface area contributed by atoms with Crippen molar-refractivity contribution in [1.82, 2.24) is 0 Å². The number of fused-ring (bicyclic) bond motifs is 1. The summed E-state index contributed by atoms with van der Waals surface area (Å²) in [6.07, 6.45) is -0.857. The standard InChI is InChI=1S/C18H14ClNO4/c1-10(18(20)22)23-16-9-15-13(7-14(16)19)12(8-17(21)24-15)11-5-3-2-4-6-11/h2-10H,1H3,(H2,20,22). The molecule has 5 nitrogen and oxygen atoms in total. The largest absolute Gasteiger partial charge is 0.479 e. The maximum Gasteiger partial charge on any atom is 0.336 e. The summed E-state index contributed by atoms with van der Waals surface area (Å²) in [4.78, 5) is 23.0. The Kier molecular flexibility index (Phi) is 4.27. The van der Waals surface area contributed by atoms with Gasteiger partial charge in [-0.15, -0.1) is 0 Å². The van der Waals surface area contributed by atoms with E-state index >= 15 is 0 Å². The molecular weight excluding hydrogens is 330 g/mol. The zero-order valence-corrected chi connectivity index (χ0v) is 13.5. The van der Waals surface area contributed by atoms with Gasteiger partial charge in [-0.05, 0) is 24.1 Å². The molecule has 1 unspecified atom stereocenters. The van der Waals surface area contributed by atoms with Crippen LogP contribution in [0.15, 0.2) is 57.7 Å². The Morgan fingerprint density at radius 2 is 1.92 bits per heavy atom. The molecule has 0 fully saturated rings. The lowest BCUT2D eigenvalue weighted by atomic mass is 10.0. The average molecular weight is 344 g/mol. The molecule has 0 saturated heterocycles. The molecule has 1 aromatic heterocycles. The summed E-state index contributed by atoms with van der Waals surface area (Å²) in [5.41, 5.74) is 6.59. The Balaban J connectivity index is 2.18. The van der Waals surface area contributed by atoms with Gasteiger partial charge in [-0.3, -0.25) is 4.79 Å². The van der Waals surface area contributed by atoms with Gasteiger partial charge in [0.15, 0.2) is 6.10 Å². The van der Waals surface area contributed by atoms with Crippen LogP contribution < -0.4 is 16.1 Å². The fourth-order valence-electron chi connectivity index (χ4n) is 2.36. The predicted octanol–water partition coefficient (Wildman–Crippen LogP) is 3.37. The predicted molar refractivity (Wildman–Crippen MR) is 92.2 cm³/mol. The first-order valence-corrected chi connectivity index (χ1v) is 7.62. The second-order valence-electron chi connectivity index (χ2n) is 5.29. The van der Waals surface area contributed by atoms with Crippen molar-refractivity contribution < 1.29 is 13.9 Å². The number of nitrogens with two attached hydrogens (primary N) is 1. The Hall–Kier alpha value is -2.79. The van der Waals surface area contributed by atoms with E-state index in [9.17, 15) is 9.59 Å². The fourth-order valence-corrected chi connectivity index (χ4v) is 2.57. The lowest BCUT2D eigenvalue weighted by Crippen LogP contribution is -2.30. The first-order valence-electron chi connectivity index (χ1n) is 7.24. The van der Waals surface area contributed by atoms with Crippen molar-refractivity contribution in [2.24, 2.45) is 5.73 Å². The molecule has 0 aliphatic heterocycles. The summed E-state index contributed by atoms with van der Waals surface area (Å²) in [5.74, 6) is -0.394. The van der Waals surface area contributed by atoms with Crippen LogP contribution >= 0.6 is 11.6 Å². The molecule has 6 heteroatoms. The summed E-state index contributed by atoms with van der Waals surface area (Å²) >= 11 is 6.25. The van der Waals surface area contributed by atoms with Crippen LogP contribution in [0, 0.1) is 0 Å². The molecule has 0 radical (unpaired) electrons. The van der Waals surface area contributed by atoms with Crippen LogP contribution in [0.3, 0.4) is 0 Å². The third-order valence-corrected chi connectivity index (χ3v) is 3.88. The molecule has 3 rings (SSSR count). The number of halogens is 1. The molecule has 2 N–H and O–H groups in total. The zero-order chi connectivity index (χ0) is 17.3. The molecule has 0 aliphatic rings. The molecule has 1 heterocycles. The minimum atomic E-state index is -0.857. The minimum Gasteiger partial charge on any atom is -0.479 e. The second-order valence-corrected chi connectivity index (χ2v) is 5.69. The van der Waals surface area contributed by atoms with Crippen LogP contribution in [-0.2, 0) is 4.79 Å². The van der Waals surface area contributed by atoms with Crippen LogP contribution in [0.4, 0.5) is 0 Å². The highest BCUT2D eigenvalue weighted by molar-refractivity contribution is 6.33. The van der Waals surface area contributed by atoms with E-state index in [-0.39, 0.29) is 5.75 Å². The van der Waals surface area contributed by atoms with Gasteiger partial charge in [0.1, 0.15) is 11.3 Å². The summed E-state index contributed by atoms with van der Waals surface area (Å²) in [7, 11) is 0. The maximum absolute atomic E-state index is 11.9. The number of ether oxygens (including phenoxy) is 1. The average Bonchev–Trinajstić information content (AvgIpc) is 2.56. The van der Waals surface area contributed by atoms with Gasteiger partial charge in [-0.25, -0.2) is 4.79 Å². The lowest BCUT2D eigenvalue weighted by molar-refractivity contribution is -0.123.